The highest BCUT2D eigenvalue weighted by Crippen LogP contribution is 2.43. The number of rotatable bonds is 58. The molecule has 0 saturated carbocycles. The van der Waals surface area contributed by atoms with E-state index in [-0.39, 0.29) is 0 Å². The van der Waals surface area contributed by atoms with Gasteiger partial charge in [0.15, 0.2) is 0 Å². The summed E-state index contributed by atoms with van der Waals surface area (Å²) < 4.78 is 1.60. The summed E-state index contributed by atoms with van der Waals surface area (Å²) in [5.41, 5.74) is 22.1. The van der Waals surface area contributed by atoms with Crippen molar-refractivity contribution in [2.45, 2.75) is 381 Å². The molecule has 2 aromatic carbocycles. The van der Waals surface area contributed by atoms with Crippen molar-refractivity contribution in [2.24, 2.45) is 0 Å². The van der Waals surface area contributed by atoms with Crippen LogP contribution in [0.1, 0.15) is 390 Å². The molecule has 0 radical (unpaired) electrons. The first kappa shape index (κ1) is 70.5. The number of unbranched alkanes of at least 4 members (excludes halogenated alkanes) is 48. The van der Waals surface area contributed by atoms with Gasteiger partial charge in [0, 0.05) is 16.7 Å². The Morgan fingerprint density at radius 2 is 0.582 bits per heavy atom. The molecule has 0 saturated heterocycles. The average Bonchev–Trinajstić information content (AvgIpc) is 3.90. The number of aryl methyl sites for hydroxylation is 2. The van der Waals surface area contributed by atoms with Gasteiger partial charge in [0.25, 0.3) is 0 Å². The van der Waals surface area contributed by atoms with Crippen LogP contribution in [0.25, 0.3) is 16.9 Å². The Hall–Kier alpha value is -2.74. The third-order valence-electron chi connectivity index (χ3n) is 17.9. The predicted molar refractivity (Wildman–Crippen MR) is 354 cm³/mol. The monoisotopic (exact) mass is 1090 g/mol. The summed E-state index contributed by atoms with van der Waals surface area (Å²) in [6, 6.07) is 18.3. The zero-order chi connectivity index (χ0) is 56.2. The van der Waals surface area contributed by atoms with Gasteiger partial charge in [0.05, 0.1) is 5.57 Å². The maximum Gasteiger partial charge on any atom is 0.215 e. The van der Waals surface area contributed by atoms with Crippen molar-refractivity contribution in [1.82, 2.24) is 0 Å². The Morgan fingerprint density at radius 3 is 0.911 bits per heavy atom. The topological polar surface area (TPSA) is 25.3 Å². The van der Waals surface area contributed by atoms with Crippen molar-refractivity contribution in [3.63, 3.8) is 0 Å². The molecule has 0 aromatic heterocycles. The van der Waals surface area contributed by atoms with Crippen LogP contribution in [0.3, 0.4) is 0 Å². The van der Waals surface area contributed by atoms with E-state index in [1.807, 2.05) is 0 Å². The number of hydrogen-bond acceptors (Lipinski definition) is 0. The third kappa shape index (κ3) is 35.8. The van der Waals surface area contributed by atoms with Crippen LogP contribution < -0.4 is 0 Å². The van der Waals surface area contributed by atoms with Crippen LogP contribution in [-0.4, -0.2) is 4.70 Å². The van der Waals surface area contributed by atoms with Gasteiger partial charge in [-0.1, -0.05) is 366 Å². The van der Waals surface area contributed by atoms with Crippen LogP contribution in [0.4, 0.5) is 0 Å². The minimum Gasteiger partial charge on any atom is -0.493 e. The highest BCUT2D eigenvalue weighted by Gasteiger charge is 2.34. The molecule has 0 N–H and O–H groups in total. The van der Waals surface area contributed by atoms with Gasteiger partial charge in [-0.05, 0) is 86.8 Å². The van der Waals surface area contributed by atoms with Crippen LogP contribution in [0.2, 0.25) is 0 Å². The van der Waals surface area contributed by atoms with Crippen LogP contribution in [0.5, 0.6) is 0 Å². The summed E-state index contributed by atoms with van der Waals surface area (Å²) in [6.07, 6.45) is 80.6. The van der Waals surface area contributed by atoms with E-state index in [0.29, 0.717) is 0 Å². The third-order valence-corrected chi connectivity index (χ3v) is 17.9. The molecule has 0 atom stereocenters. The Balaban J connectivity index is 1.39. The second kappa shape index (κ2) is 52.1. The molecule has 0 fully saturated rings. The van der Waals surface area contributed by atoms with E-state index in [1.165, 1.54) is 337 Å². The average molecular weight is 1090 g/mol. The lowest BCUT2D eigenvalue weighted by Gasteiger charge is -2.12. The zero-order valence-corrected chi connectivity index (χ0v) is 53.6. The molecule has 1 aliphatic heterocycles. The van der Waals surface area contributed by atoms with Gasteiger partial charge in [0.1, 0.15) is 0 Å². The molecule has 0 amide bonds. The molecule has 2 heteroatoms. The summed E-state index contributed by atoms with van der Waals surface area (Å²) in [5.74, 6) is 0. The van der Waals surface area contributed by atoms with Crippen LogP contribution in [0.15, 0.2) is 71.8 Å². The van der Waals surface area contributed by atoms with E-state index in [0.717, 1.165) is 61.0 Å². The minimum atomic E-state index is 0.974. The molecular weight excluding hydrogens is 953 g/mol. The fourth-order valence-electron chi connectivity index (χ4n) is 12.7. The minimum absolute atomic E-state index is 0.974. The van der Waals surface area contributed by atoms with Gasteiger partial charge in [0.2, 0.25) is 11.4 Å². The van der Waals surface area contributed by atoms with Crippen molar-refractivity contribution in [1.29, 1.82) is 0 Å². The van der Waals surface area contributed by atoms with E-state index in [9.17, 15) is 5.53 Å². The second-order valence-corrected chi connectivity index (χ2v) is 25.4. The molecule has 2 aromatic rings. The molecule has 0 unspecified atom stereocenters. The zero-order valence-electron chi connectivity index (χ0n) is 53.6. The molecule has 79 heavy (non-hydrogen) atoms. The van der Waals surface area contributed by atoms with E-state index in [4.69, 9.17) is 0 Å². The summed E-state index contributed by atoms with van der Waals surface area (Å²) in [4.78, 5) is 0. The molecule has 3 rings (SSSR count). The van der Waals surface area contributed by atoms with Gasteiger partial charge in [-0.25, -0.2) is 4.70 Å². The number of allylic oxidation sites excluding steroid dienone is 4. The van der Waals surface area contributed by atoms with Crippen LogP contribution >= 0.6 is 0 Å². The molecule has 0 bridgehead atoms. The van der Waals surface area contributed by atoms with Crippen molar-refractivity contribution < 1.29 is 4.70 Å². The van der Waals surface area contributed by atoms with Crippen molar-refractivity contribution in [3.05, 3.63) is 99.6 Å². The maximum absolute atomic E-state index is 12.5. The number of hydrogen-bond donors (Lipinski definition) is 0. The smallest absolute Gasteiger partial charge is 0.215 e. The Bertz CT molecular complexity index is 1810. The summed E-state index contributed by atoms with van der Waals surface area (Å²) >= 11 is 0. The molecule has 2 nitrogen and oxygen atoms in total. The van der Waals surface area contributed by atoms with E-state index < -0.39 is 0 Å². The van der Waals surface area contributed by atoms with E-state index >= 15 is 0 Å². The van der Waals surface area contributed by atoms with Gasteiger partial charge in [-0.15, -0.1) is 0 Å². The molecule has 0 aliphatic carbocycles. The Morgan fingerprint density at radius 1 is 0.304 bits per heavy atom. The maximum atomic E-state index is 12.5. The number of nitrogens with zero attached hydrogens (tertiary/aromatic N) is 2. The largest absolute Gasteiger partial charge is 0.493 e. The fourth-order valence-corrected chi connectivity index (χ4v) is 12.7. The van der Waals surface area contributed by atoms with Crippen molar-refractivity contribution in [2.75, 3.05) is 0 Å². The molecular formula is C77H132N2. The van der Waals surface area contributed by atoms with Crippen LogP contribution in [0, 0.1) is 0 Å². The fraction of sp³-hybridized carbons (Fsp3) is 0.766. The first-order valence-electron chi connectivity index (χ1n) is 36.0. The molecule has 1 aliphatic rings. The van der Waals surface area contributed by atoms with E-state index in [2.05, 4.69) is 88.4 Å². The Kier molecular flexibility index (Phi) is 46.5. The lowest BCUT2D eigenvalue weighted by atomic mass is 9.93. The van der Waals surface area contributed by atoms with Crippen molar-refractivity contribution >= 4 is 11.4 Å². The molecule has 450 valence electrons. The second-order valence-electron chi connectivity index (χ2n) is 25.4. The quantitative estimate of drug-likeness (QED) is 0.0466. The van der Waals surface area contributed by atoms with Gasteiger partial charge in [-0.2, -0.15) is 0 Å². The standard InChI is InChI=1S/C77H132N2/c1-5-9-13-16-18-20-22-24-26-28-30-31-32-33-34-35-36-37-38-40-42-44-46-48-50-52-54-57-67-75-74(66-12-8-4)76(79(78)77(75)73-65-58-62-70(68-73)60-55-15-11-7-3)72-64-59-63-71(69-72)61-56-53-51-49-47-45-43-41-39-29-27-25-23-21-19-17-14-10-6-2/h57-59,62-65,67-69H,5-56,60-61,66H2,1-4H3. The van der Waals surface area contributed by atoms with E-state index in [1.54, 1.807) is 4.70 Å². The normalized spacial score (nSPS) is 12.9. The summed E-state index contributed by atoms with van der Waals surface area (Å²) in [7, 11) is 0. The predicted octanol–water partition coefficient (Wildman–Crippen LogP) is 27.3. The van der Waals surface area contributed by atoms with Crippen molar-refractivity contribution in [3.8, 4) is 0 Å². The SMILES string of the molecule is CCCCCCCCCCCCCCCCCCCCCCCCCCCCC=CC1=C(c2cccc(CCCCCC)c2)[N+](=[N-])C(c2cccc(CCCCCCCCCCCCCCCCCCCCC)c2)=C1CCCC. The lowest BCUT2D eigenvalue weighted by Crippen LogP contribution is -2.03. The van der Waals surface area contributed by atoms with Gasteiger partial charge >= 0.3 is 0 Å². The highest BCUT2D eigenvalue weighted by molar-refractivity contribution is 5.84. The Labute approximate surface area is 494 Å². The lowest BCUT2D eigenvalue weighted by molar-refractivity contribution is -0.345. The highest BCUT2D eigenvalue weighted by atomic mass is 15.2. The van der Waals surface area contributed by atoms with Crippen LogP contribution in [-0.2, 0) is 12.8 Å². The molecule has 1 heterocycles. The summed E-state index contributed by atoms with van der Waals surface area (Å²) in [5, 5.41) is 0. The first-order chi connectivity index (χ1) is 39.1. The molecule has 0 spiro atoms. The first-order valence-corrected chi connectivity index (χ1v) is 36.0. The number of benzene rings is 2. The van der Waals surface area contributed by atoms with Gasteiger partial charge < -0.3 is 5.53 Å². The summed E-state index contributed by atoms with van der Waals surface area (Å²) in [6.45, 7) is 9.22. The van der Waals surface area contributed by atoms with Gasteiger partial charge in [-0.3, -0.25) is 0 Å².